The zero-order chi connectivity index (χ0) is 22.0. The van der Waals surface area contributed by atoms with E-state index < -0.39 is 0 Å². The molecule has 0 saturated heterocycles. The molecule has 2 aromatic heterocycles. The van der Waals surface area contributed by atoms with Gasteiger partial charge in [0.05, 0.1) is 11.3 Å². The Balaban J connectivity index is 1.56. The highest BCUT2D eigenvalue weighted by Crippen LogP contribution is 2.30. The lowest BCUT2D eigenvalue weighted by Gasteiger charge is -2.13. The van der Waals surface area contributed by atoms with Crippen LogP contribution in [0.2, 0.25) is 0 Å². The number of hydrogen-bond donors (Lipinski definition) is 2. The number of fused-ring (bicyclic) bond motifs is 1. The highest BCUT2D eigenvalue weighted by Gasteiger charge is 2.28. The molecule has 0 fully saturated rings. The molecule has 158 valence electrons. The second kappa shape index (κ2) is 9.31. The summed E-state index contributed by atoms with van der Waals surface area (Å²) in [5.41, 5.74) is 5.91. The van der Waals surface area contributed by atoms with Crippen molar-refractivity contribution >= 4 is 61.7 Å². The molecule has 2 amide bonds. The van der Waals surface area contributed by atoms with Crippen molar-refractivity contribution in [3.8, 4) is 0 Å². The van der Waals surface area contributed by atoms with Gasteiger partial charge in [0.25, 0.3) is 11.8 Å². The summed E-state index contributed by atoms with van der Waals surface area (Å²) in [5, 5.41) is 7.21. The Morgan fingerprint density at radius 3 is 2.68 bits per heavy atom. The van der Waals surface area contributed by atoms with Crippen LogP contribution in [0.3, 0.4) is 0 Å². The first-order valence-electron chi connectivity index (χ1n) is 9.59. The van der Waals surface area contributed by atoms with Crippen molar-refractivity contribution in [3.05, 3.63) is 79.0 Å². The fourth-order valence-electron chi connectivity index (χ4n) is 3.44. The number of carbonyl (C=O) groups excluding carboxylic acids is 2. The maximum Gasteiger partial charge on any atom is 0.291 e. The quantitative estimate of drug-likeness (QED) is 0.326. The lowest BCUT2D eigenvalue weighted by Crippen LogP contribution is -2.22. The highest BCUT2D eigenvalue weighted by atomic mass is 127. The Kier molecular flexibility index (Phi) is 6.51. The van der Waals surface area contributed by atoms with Gasteiger partial charge in [-0.1, -0.05) is 0 Å². The number of carbonyl (C=O) groups is 2. The average molecular weight is 593 g/mol. The van der Waals surface area contributed by atoms with E-state index in [1.165, 1.54) is 6.20 Å². The molecule has 2 heterocycles. The minimum Gasteiger partial charge on any atom is -0.455 e. The van der Waals surface area contributed by atoms with Crippen LogP contribution in [0.15, 0.2) is 56.7 Å². The minimum absolute atomic E-state index is 0.265. The summed E-state index contributed by atoms with van der Waals surface area (Å²) in [6, 6.07) is 9.20. The summed E-state index contributed by atoms with van der Waals surface area (Å²) < 4.78 is 7.70. The third kappa shape index (κ3) is 4.87. The number of hydrazone groups is 1. The van der Waals surface area contributed by atoms with Crippen LogP contribution in [0.1, 0.15) is 50.6 Å². The van der Waals surface area contributed by atoms with Crippen molar-refractivity contribution in [1.82, 2.24) is 10.4 Å². The number of benzene rings is 1. The number of hydrogen-bond acceptors (Lipinski definition) is 5. The van der Waals surface area contributed by atoms with E-state index in [2.05, 4.69) is 59.3 Å². The Morgan fingerprint density at radius 2 is 1.94 bits per heavy atom. The molecule has 1 aromatic carbocycles. The first kappa shape index (κ1) is 21.7. The van der Waals surface area contributed by atoms with E-state index in [4.69, 9.17) is 4.42 Å². The summed E-state index contributed by atoms with van der Waals surface area (Å²) in [5.74, 6) is 0.317. The topological polar surface area (TPSA) is 96.6 Å². The fourth-order valence-corrected chi connectivity index (χ4v) is 4.16. The Bertz CT molecular complexity index is 1190. The van der Waals surface area contributed by atoms with Crippen molar-refractivity contribution < 1.29 is 14.0 Å². The number of nitrogens with zero attached hydrogens (tertiary/aromatic N) is 2. The molecule has 3 aromatic rings. The smallest absolute Gasteiger partial charge is 0.291 e. The summed E-state index contributed by atoms with van der Waals surface area (Å²) in [7, 11) is 0. The molecule has 4 rings (SSSR count). The number of nitrogens with one attached hydrogen (secondary N) is 2. The molecular weight excluding hydrogens is 575 g/mol. The van der Waals surface area contributed by atoms with Crippen molar-refractivity contribution in [1.29, 1.82) is 0 Å². The Hall–Kier alpha value is -2.53. The number of halogens is 2. The van der Waals surface area contributed by atoms with Gasteiger partial charge >= 0.3 is 0 Å². The zero-order valence-corrected chi connectivity index (χ0v) is 20.3. The maximum absolute atomic E-state index is 12.8. The molecule has 0 bridgehead atoms. The van der Waals surface area contributed by atoms with Gasteiger partial charge in [-0.2, -0.15) is 5.10 Å². The summed E-state index contributed by atoms with van der Waals surface area (Å²) >= 11 is 5.51. The van der Waals surface area contributed by atoms with E-state index in [-0.39, 0.29) is 17.6 Å². The predicted octanol–water partition coefficient (Wildman–Crippen LogP) is 5.07. The molecular formula is C22H18BrIN4O3. The number of anilines is 1. The van der Waals surface area contributed by atoms with E-state index in [1.807, 2.05) is 31.2 Å². The van der Waals surface area contributed by atoms with Crippen LogP contribution in [0, 0.1) is 10.5 Å². The minimum atomic E-state index is -0.355. The van der Waals surface area contributed by atoms with E-state index >= 15 is 0 Å². The van der Waals surface area contributed by atoms with Gasteiger partial charge in [-0.15, -0.1) is 0 Å². The molecule has 0 atom stereocenters. The molecule has 9 heteroatoms. The second-order valence-corrected chi connectivity index (χ2v) is 9.22. The molecule has 7 nitrogen and oxygen atoms in total. The first-order chi connectivity index (χ1) is 14.9. The monoisotopic (exact) mass is 592 g/mol. The molecule has 0 spiro atoms. The van der Waals surface area contributed by atoms with Gasteiger partial charge in [-0.3, -0.25) is 14.6 Å². The van der Waals surface area contributed by atoms with Crippen LogP contribution >= 0.6 is 38.5 Å². The average Bonchev–Trinajstić information content (AvgIpc) is 3.11. The van der Waals surface area contributed by atoms with Crippen molar-refractivity contribution in [2.45, 2.75) is 26.2 Å². The normalized spacial score (nSPS) is 14.2. The van der Waals surface area contributed by atoms with E-state index in [9.17, 15) is 9.59 Å². The van der Waals surface area contributed by atoms with Crippen molar-refractivity contribution in [3.63, 3.8) is 0 Å². The first-order valence-corrected chi connectivity index (χ1v) is 11.5. The molecule has 0 unspecified atom stereocenters. The van der Waals surface area contributed by atoms with Crippen LogP contribution < -0.4 is 10.7 Å². The number of aromatic nitrogens is 1. The van der Waals surface area contributed by atoms with Gasteiger partial charge in [0, 0.05) is 43.7 Å². The second-order valence-electron chi connectivity index (χ2n) is 7.06. The molecule has 0 saturated carbocycles. The largest absolute Gasteiger partial charge is 0.455 e. The summed E-state index contributed by atoms with van der Waals surface area (Å²) in [6.45, 7) is 1.84. The Morgan fingerprint density at radius 1 is 1.16 bits per heavy atom. The highest BCUT2D eigenvalue weighted by molar-refractivity contribution is 14.1. The van der Waals surface area contributed by atoms with E-state index in [0.717, 1.165) is 27.5 Å². The Labute approximate surface area is 201 Å². The van der Waals surface area contributed by atoms with Crippen LogP contribution in [-0.4, -0.2) is 22.5 Å². The van der Waals surface area contributed by atoms with Gasteiger partial charge < -0.3 is 9.73 Å². The third-order valence-electron chi connectivity index (χ3n) is 4.89. The molecule has 1 aliphatic carbocycles. The maximum atomic E-state index is 12.8. The van der Waals surface area contributed by atoms with Gasteiger partial charge in [-0.25, -0.2) is 5.43 Å². The van der Waals surface area contributed by atoms with E-state index in [1.54, 1.807) is 12.3 Å². The van der Waals surface area contributed by atoms with Crippen molar-refractivity contribution in [2.24, 2.45) is 5.10 Å². The summed E-state index contributed by atoms with van der Waals surface area (Å²) in [6.07, 6.45) is 5.31. The van der Waals surface area contributed by atoms with Crippen molar-refractivity contribution in [2.75, 3.05) is 5.32 Å². The summed E-state index contributed by atoms with van der Waals surface area (Å²) in [4.78, 5) is 29.2. The van der Waals surface area contributed by atoms with Gasteiger partial charge in [0.2, 0.25) is 0 Å². The standard InChI is InChI=1S/C22H18BrIN4O3/c1-12-19-17(27-28-21(29)13-9-14(23)11-25-10-13)3-2-4-18(19)31-20(12)22(30)26-16-7-5-15(24)6-8-16/h5-11H,2-4H2,1H3,(H,26,30)(H,28,29)/b27-17+. The number of aryl methyl sites for hydroxylation is 1. The van der Waals surface area contributed by atoms with Gasteiger partial charge in [0.1, 0.15) is 5.76 Å². The van der Waals surface area contributed by atoms with E-state index in [0.29, 0.717) is 33.6 Å². The van der Waals surface area contributed by atoms with Crippen LogP contribution in [0.4, 0.5) is 5.69 Å². The fraction of sp³-hybridized carbons (Fsp3) is 0.182. The van der Waals surface area contributed by atoms with Gasteiger partial charge in [0.15, 0.2) is 5.76 Å². The molecule has 0 aliphatic heterocycles. The molecule has 2 N–H and O–H groups in total. The predicted molar refractivity (Wildman–Crippen MR) is 129 cm³/mol. The van der Waals surface area contributed by atoms with Gasteiger partial charge in [-0.05, 0) is 88.6 Å². The molecule has 1 aliphatic rings. The SMILES string of the molecule is Cc1c(C(=O)Nc2ccc(I)cc2)oc2c1/C(=N/NC(=O)c1cncc(Br)c1)CCC2. The molecule has 0 radical (unpaired) electrons. The van der Waals surface area contributed by atoms with Crippen LogP contribution in [0.5, 0.6) is 0 Å². The lowest BCUT2D eigenvalue weighted by atomic mass is 9.93. The van der Waals surface area contributed by atoms with Crippen LogP contribution in [0.25, 0.3) is 0 Å². The lowest BCUT2D eigenvalue weighted by molar-refractivity contribution is 0.0953. The number of rotatable bonds is 4. The zero-order valence-electron chi connectivity index (χ0n) is 16.5. The van der Waals surface area contributed by atoms with Crippen LogP contribution in [-0.2, 0) is 6.42 Å². The molecule has 31 heavy (non-hydrogen) atoms. The number of amides is 2. The third-order valence-corrected chi connectivity index (χ3v) is 6.05. The number of pyridine rings is 1. The number of furan rings is 1.